The van der Waals surface area contributed by atoms with Crippen LogP contribution in [0.4, 0.5) is 0 Å². The number of furan rings is 1. The van der Waals surface area contributed by atoms with E-state index in [0.29, 0.717) is 0 Å². The van der Waals surface area contributed by atoms with Crippen LogP contribution in [-0.4, -0.2) is 20.1 Å². The van der Waals surface area contributed by atoms with Crippen LogP contribution in [0, 0.1) is 0 Å². The summed E-state index contributed by atoms with van der Waals surface area (Å²) in [7, 11) is 0. The lowest BCUT2D eigenvalue weighted by Crippen LogP contribution is -2.57. The molecule has 0 unspecified atom stereocenters. The summed E-state index contributed by atoms with van der Waals surface area (Å²) < 4.78 is 49.6. The Morgan fingerprint density at radius 3 is 1.10 bits per heavy atom. The molecule has 3 aromatic heterocycles. The average Bonchev–Trinajstić information content (AvgIpc) is 0.882. The number of para-hydroxylation sites is 5. The molecule has 16 aromatic carbocycles. The Bertz CT molecular complexity index is 6730. The van der Waals surface area contributed by atoms with Crippen molar-refractivity contribution in [2.45, 2.75) is 0 Å². The van der Waals surface area contributed by atoms with Crippen molar-refractivity contribution in [1.82, 2.24) is 0 Å². The van der Waals surface area contributed by atoms with Crippen molar-refractivity contribution >= 4 is 154 Å². The zero-order chi connectivity index (χ0) is 70.7. The van der Waals surface area contributed by atoms with E-state index in [9.17, 15) is 0 Å². The second kappa shape index (κ2) is 24.2. The summed E-state index contributed by atoms with van der Waals surface area (Å²) in [6.45, 7) is 0.202. The average molecular weight is 1420 g/mol. The van der Waals surface area contributed by atoms with Gasteiger partial charge in [0.25, 0.3) is 20.1 Å². The number of thiophene rings is 2. The van der Waals surface area contributed by atoms with E-state index < -0.39 is 0 Å². The van der Waals surface area contributed by atoms with E-state index in [0.717, 1.165) is 129 Å². The number of fused-ring (bicyclic) bond motifs is 21. The van der Waals surface area contributed by atoms with Crippen LogP contribution >= 0.6 is 22.7 Å². The van der Waals surface area contributed by atoms with E-state index in [1.165, 1.54) is 95.6 Å². The third-order valence-electron chi connectivity index (χ3n) is 22.3. The molecule has 7 nitrogen and oxygen atoms in total. The van der Waals surface area contributed by atoms with Crippen molar-refractivity contribution < 1.29 is 32.8 Å². The highest BCUT2D eigenvalue weighted by molar-refractivity contribution is 7.26. The van der Waals surface area contributed by atoms with Crippen LogP contribution in [0.2, 0.25) is 0 Å². The largest absolute Gasteiger partial charge is 0.458 e. The Morgan fingerprint density at radius 1 is 0.204 bits per heavy atom. The molecule has 0 atom stereocenters. The fraction of sp³-hybridized carbons (Fsp3) is 0. The summed E-state index contributed by atoms with van der Waals surface area (Å²) in [6, 6.07) is 117. The van der Waals surface area contributed by atoms with Crippen LogP contribution in [0.5, 0.6) is 69.0 Å². The zero-order valence-corrected chi connectivity index (χ0v) is 59.3. The van der Waals surface area contributed by atoms with Gasteiger partial charge in [0, 0.05) is 73.1 Å². The first-order valence-corrected chi connectivity index (χ1v) is 38.1. The number of ether oxygens (including phenoxy) is 6. The Morgan fingerprint density at radius 2 is 0.556 bits per heavy atom. The fourth-order valence-electron chi connectivity index (χ4n) is 17.4. The molecule has 12 heteroatoms. The summed E-state index contributed by atoms with van der Waals surface area (Å²) >= 11 is 3.72. The Labute approximate surface area is 629 Å². The van der Waals surface area contributed by atoms with E-state index in [-0.39, 0.29) is 20.1 Å². The molecule has 25 rings (SSSR count). The van der Waals surface area contributed by atoms with Gasteiger partial charge in [-0.2, -0.15) is 0 Å². The van der Waals surface area contributed by atoms with E-state index >= 15 is 0 Å². The molecule has 6 aliphatic rings. The van der Waals surface area contributed by atoms with Gasteiger partial charge in [0.1, 0.15) is 80.2 Å². The summed E-state index contributed by atoms with van der Waals surface area (Å²) in [5.41, 5.74) is 21.6. The van der Waals surface area contributed by atoms with Crippen molar-refractivity contribution in [2.75, 3.05) is 0 Å². The normalized spacial score (nSPS) is 13.0. The molecule has 502 valence electrons. The SMILES string of the molecule is c1cc(-c2ccc3c(c2)B2c4ccccc4Oc4cccc(c42)O3)cc(-c2ccc3sc4ccccc4c3c2)c1.c1ccc2c(c1)Oc1cccc3c1B2c1cc(-c2cccc4c2oc2ccccc24)ccc1O3.c1ccc2c(c1)Oc1cccc3c1B2c1cc(-c2cccc4c2sc2ccccc24)ccc1O3. The first kappa shape index (κ1) is 61.1. The quantitative estimate of drug-likeness (QED) is 0.163. The van der Waals surface area contributed by atoms with E-state index in [1.807, 2.05) is 114 Å². The lowest BCUT2D eigenvalue weighted by Gasteiger charge is -2.33. The maximum atomic E-state index is 6.41. The van der Waals surface area contributed by atoms with Crippen LogP contribution < -0.4 is 77.6 Å². The summed E-state index contributed by atoms with van der Waals surface area (Å²) in [5.74, 6) is 10.6. The molecule has 108 heavy (non-hydrogen) atoms. The molecular weight excluding hydrogens is 1360 g/mol. The number of hydrogen-bond acceptors (Lipinski definition) is 9. The first-order chi connectivity index (χ1) is 53.5. The fourth-order valence-corrected chi connectivity index (χ4v) is 19.7. The van der Waals surface area contributed by atoms with Crippen LogP contribution in [0.15, 0.2) is 338 Å². The van der Waals surface area contributed by atoms with Gasteiger partial charge in [-0.1, -0.05) is 224 Å². The van der Waals surface area contributed by atoms with E-state index in [1.54, 1.807) is 0 Å². The van der Waals surface area contributed by atoms with E-state index in [4.69, 9.17) is 32.8 Å². The topological polar surface area (TPSA) is 68.5 Å². The van der Waals surface area contributed by atoms with Gasteiger partial charge in [0.05, 0.1) is 0 Å². The predicted molar refractivity (Wildman–Crippen MR) is 447 cm³/mol. The van der Waals surface area contributed by atoms with Gasteiger partial charge in [0.15, 0.2) is 0 Å². The molecule has 0 aliphatic carbocycles. The molecule has 0 saturated heterocycles. The molecule has 0 fully saturated rings. The van der Waals surface area contributed by atoms with Gasteiger partial charge in [0.2, 0.25) is 0 Å². The molecule has 0 amide bonds. The molecule has 9 heterocycles. The highest BCUT2D eigenvalue weighted by atomic mass is 32.1. The molecule has 0 spiro atoms. The standard InChI is InChI=1S/C36H21BO2S.C30H17BO3.C30H17BO2S/c1-4-14-34-26(9-1)27-20-24(16-18-35(27)40-34)22-7-5-8-23(19-22)25-15-17-31-29(21-25)37-28-10-2-3-11-30(28)38-32-12-6-13-33(39-31)36(32)37;1-3-11-24-20(7-1)21-9-5-8-19(30(21)34-24)18-15-16-26-23(17-18)31-22-10-2-4-12-25(22)32-27-13-6-14-28(33-26)29(27)31;1-4-14-28-20(7-1)21-9-5-8-19(30(21)34-28)18-15-16-25-23(17-18)31-22-10-2-3-11-24(22)32-26-12-6-13-27(33-25)29(26)31/h1-21H;2*1-17H. The van der Waals surface area contributed by atoms with Crippen molar-refractivity contribution in [3.05, 3.63) is 334 Å². The van der Waals surface area contributed by atoms with Gasteiger partial charge < -0.3 is 32.8 Å². The monoisotopic (exact) mass is 1420 g/mol. The molecule has 0 radical (unpaired) electrons. The maximum absolute atomic E-state index is 6.41. The van der Waals surface area contributed by atoms with Crippen molar-refractivity contribution in [2.24, 2.45) is 0 Å². The second-order valence-corrected chi connectivity index (χ2v) is 30.4. The van der Waals surface area contributed by atoms with Crippen LogP contribution in [-0.2, 0) is 0 Å². The molecule has 0 N–H and O–H groups in total. The van der Waals surface area contributed by atoms with E-state index in [2.05, 4.69) is 243 Å². The van der Waals surface area contributed by atoms with Crippen molar-refractivity contribution in [3.8, 4) is 114 Å². The Kier molecular flexibility index (Phi) is 13.7. The number of benzene rings is 16. The molecule has 0 bridgehead atoms. The first-order valence-electron chi connectivity index (χ1n) is 36.5. The lowest BCUT2D eigenvalue weighted by molar-refractivity contribution is 0.464. The zero-order valence-electron chi connectivity index (χ0n) is 57.7. The summed E-state index contributed by atoms with van der Waals surface area (Å²) in [5, 5.41) is 7.55. The van der Waals surface area contributed by atoms with Gasteiger partial charge in [-0.25, -0.2) is 0 Å². The Balaban J connectivity index is 0.0000000983. The van der Waals surface area contributed by atoms with Crippen LogP contribution in [0.3, 0.4) is 0 Å². The third kappa shape index (κ3) is 9.63. The van der Waals surface area contributed by atoms with Gasteiger partial charge in [-0.3, -0.25) is 0 Å². The van der Waals surface area contributed by atoms with Crippen molar-refractivity contribution in [1.29, 1.82) is 0 Å². The molecule has 6 aliphatic heterocycles. The minimum atomic E-state index is 0.0507. The highest BCUT2D eigenvalue weighted by Crippen LogP contribution is 2.45. The van der Waals surface area contributed by atoms with Crippen LogP contribution in [0.1, 0.15) is 0 Å². The Hall–Kier alpha value is -13.2. The van der Waals surface area contributed by atoms with Gasteiger partial charge in [-0.05, 0) is 181 Å². The predicted octanol–water partition coefficient (Wildman–Crippen LogP) is 20.5. The van der Waals surface area contributed by atoms with Crippen molar-refractivity contribution in [3.63, 3.8) is 0 Å². The lowest BCUT2D eigenvalue weighted by atomic mass is 9.35. The van der Waals surface area contributed by atoms with Crippen LogP contribution in [0.25, 0.3) is 107 Å². The number of hydrogen-bond donors (Lipinski definition) is 0. The number of rotatable bonds is 4. The summed E-state index contributed by atoms with van der Waals surface area (Å²) in [4.78, 5) is 0. The highest BCUT2D eigenvalue weighted by Gasteiger charge is 2.43. The summed E-state index contributed by atoms with van der Waals surface area (Å²) in [6.07, 6.45) is 0. The molecule has 0 saturated carbocycles. The third-order valence-corrected chi connectivity index (χ3v) is 24.6. The second-order valence-electron chi connectivity index (χ2n) is 28.2. The minimum Gasteiger partial charge on any atom is -0.458 e. The minimum absolute atomic E-state index is 0.0507. The smallest absolute Gasteiger partial charge is 0.260 e. The van der Waals surface area contributed by atoms with Gasteiger partial charge in [-0.15, -0.1) is 22.7 Å². The molecule has 19 aromatic rings. The van der Waals surface area contributed by atoms with Gasteiger partial charge >= 0.3 is 0 Å². The maximum Gasteiger partial charge on any atom is 0.260 e. The molecular formula is C96H55B3O7S2.